The van der Waals surface area contributed by atoms with Gasteiger partial charge >= 0.3 is 18.0 Å². The molecule has 202 valence electrons. The van der Waals surface area contributed by atoms with Crippen LogP contribution in [0.3, 0.4) is 0 Å². The molecule has 0 spiro atoms. The Labute approximate surface area is 213 Å². The highest BCUT2D eigenvalue weighted by Crippen LogP contribution is 2.29. The molecule has 12 nitrogen and oxygen atoms in total. The summed E-state index contributed by atoms with van der Waals surface area (Å²) in [6.07, 6.45) is 1.74. The van der Waals surface area contributed by atoms with Crippen LogP contribution in [0.25, 0.3) is 0 Å². The lowest BCUT2D eigenvalue weighted by molar-refractivity contribution is -0.149. The van der Waals surface area contributed by atoms with Gasteiger partial charge in [0, 0.05) is 50.9 Å². The molecule has 13 heteroatoms. The summed E-state index contributed by atoms with van der Waals surface area (Å²) in [5.41, 5.74) is -0.357. The van der Waals surface area contributed by atoms with E-state index in [1.807, 2.05) is 0 Å². The number of methoxy groups -OCH3 is 1. The second-order valence-electron chi connectivity index (χ2n) is 8.85. The molecule has 0 radical (unpaired) electrons. The first-order valence-electron chi connectivity index (χ1n) is 11.5. The van der Waals surface area contributed by atoms with E-state index in [2.05, 4.69) is 15.1 Å². The van der Waals surface area contributed by atoms with E-state index in [0.29, 0.717) is 24.3 Å². The van der Waals surface area contributed by atoms with E-state index in [4.69, 9.17) is 14.9 Å². The van der Waals surface area contributed by atoms with E-state index >= 15 is 0 Å². The molecule has 1 aromatic rings. The lowest BCUT2D eigenvalue weighted by Crippen LogP contribution is -2.62. The summed E-state index contributed by atoms with van der Waals surface area (Å²) in [7, 11) is 1.53. The molecule has 1 aromatic carbocycles. The lowest BCUT2D eigenvalue weighted by Gasteiger charge is -2.37. The maximum atomic E-state index is 13.4. The highest BCUT2D eigenvalue weighted by atomic mass is 19.1. The van der Waals surface area contributed by atoms with Gasteiger partial charge < -0.3 is 19.8 Å². The molecule has 0 atom stereocenters. The van der Waals surface area contributed by atoms with Gasteiger partial charge in [0.25, 0.3) is 0 Å². The third-order valence-electron chi connectivity index (χ3n) is 5.89. The van der Waals surface area contributed by atoms with Crippen LogP contribution in [-0.2, 0) is 19.2 Å². The van der Waals surface area contributed by atoms with Crippen molar-refractivity contribution in [2.45, 2.75) is 20.3 Å². The van der Waals surface area contributed by atoms with Gasteiger partial charge in [-0.1, -0.05) is 0 Å². The van der Waals surface area contributed by atoms with Crippen LogP contribution < -0.4 is 15.0 Å². The zero-order valence-electron chi connectivity index (χ0n) is 20.9. The summed E-state index contributed by atoms with van der Waals surface area (Å²) in [6.45, 7) is 7.21. The number of carbonyl (C=O) groups excluding carboxylic acids is 3. The number of ether oxygens (including phenoxy) is 1. The minimum atomic E-state index is -1.26. The second kappa shape index (κ2) is 12.8. The van der Waals surface area contributed by atoms with Crippen molar-refractivity contribution >= 4 is 35.5 Å². The number of aliphatic carboxylic acids is 2. The number of amides is 4. The van der Waals surface area contributed by atoms with Crippen LogP contribution in [0.15, 0.2) is 30.4 Å². The van der Waals surface area contributed by atoms with Crippen LogP contribution in [0.1, 0.15) is 20.3 Å². The number of imide groups is 2. The maximum Gasteiger partial charge on any atom is 0.330 e. The maximum absolute atomic E-state index is 13.4. The molecule has 0 bridgehead atoms. The normalized spacial score (nSPS) is 17.8. The molecule has 2 aliphatic rings. The van der Waals surface area contributed by atoms with E-state index in [9.17, 15) is 28.4 Å². The first-order valence-corrected chi connectivity index (χ1v) is 11.5. The van der Waals surface area contributed by atoms with Crippen molar-refractivity contribution in [2.75, 3.05) is 51.3 Å². The molecule has 3 rings (SSSR count). The Balaban J connectivity index is 0.000000521. The van der Waals surface area contributed by atoms with Crippen LogP contribution in [0.2, 0.25) is 0 Å². The standard InChI is InChI=1S/C20H27FN4O4.C4H4O4/c1-20(2)17(26)22-19(28)25(18(20)27)8-4-7-23-9-11-24(12-10-23)15-6-5-14(21)13-16(15)29-3;5-3(6)1-2-4(7)8/h5-6,13H,4,7-12H2,1-3H3,(H,22,26,28);1-2H,(H,5,6)(H,7,8). The van der Waals surface area contributed by atoms with E-state index < -0.39 is 35.2 Å². The van der Waals surface area contributed by atoms with Gasteiger partial charge in [-0.2, -0.15) is 0 Å². The van der Waals surface area contributed by atoms with Crippen molar-refractivity contribution in [3.05, 3.63) is 36.2 Å². The van der Waals surface area contributed by atoms with Crippen LogP contribution in [0.4, 0.5) is 14.9 Å². The highest BCUT2D eigenvalue weighted by molar-refractivity contribution is 6.18. The smallest absolute Gasteiger partial charge is 0.330 e. The van der Waals surface area contributed by atoms with Crippen molar-refractivity contribution in [3.63, 3.8) is 0 Å². The van der Waals surface area contributed by atoms with E-state index in [1.165, 1.54) is 33.1 Å². The summed E-state index contributed by atoms with van der Waals surface area (Å²) >= 11 is 0. The Morgan fingerprint density at radius 3 is 2.19 bits per heavy atom. The van der Waals surface area contributed by atoms with Gasteiger partial charge in [0.05, 0.1) is 12.8 Å². The summed E-state index contributed by atoms with van der Waals surface area (Å²) in [5.74, 6) is -3.34. The SMILES string of the molecule is COc1cc(F)ccc1N1CCN(CCCN2C(=O)NC(=O)C(C)(C)C2=O)CC1.O=C(O)C=CC(=O)O. The van der Waals surface area contributed by atoms with Gasteiger partial charge in [-0.25, -0.2) is 18.8 Å². The number of carboxylic acids is 2. The zero-order valence-corrected chi connectivity index (χ0v) is 20.9. The van der Waals surface area contributed by atoms with Crippen LogP contribution in [0.5, 0.6) is 5.75 Å². The molecule has 0 aliphatic carbocycles. The topological polar surface area (TPSA) is 157 Å². The van der Waals surface area contributed by atoms with Crippen LogP contribution in [-0.4, -0.2) is 96.2 Å². The minimum absolute atomic E-state index is 0.271. The van der Waals surface area contributed by atoms with Crippen LogP contribution >= 0.6 is 0 Å². The molecule has 4 amide bonds. The summed E-state index contributed by atoms with van der Waals surface area (Å²) in [5, 5.41) is 17.9. The van der Waals surface area contributed by atoms with Gasteiger partial charge in [-0.3, -0.25) is 24.7 Å². The molecule has 2 fully saturated rings. The highest BCUT2D eigenvalue weighted by Gasteiger charge is 2.46. The lowest BCUT2D eigenvalue weighted by atomic mass is 9.89. The molecule has 2 aliphatic heterocycles. The Morgan fingerprint density at radius 2 is 1.65 bits per heavy atom. The monoisotopic (exact) mass is 522 g/mol. The third-order valence-corrected chi connectivity index (χ3v) is 5.89. The summed E-state index contributed by atoms with van der Waals surface area (Å²) < 4.78 is 18.7. The number of anilines is 1. The Hall–Kier alpha value is -4.00. The molecule has 37 heavy (non-hydrogen) atoms. The number of hydrogen-bond donors (Lipinski definition) is 3. The van der Waals surface area contributed by atoms with Crippen molar-refractivity contribution in [1.29, 1.82) is 0 Å². The first kappa shape index (κ1) is 29.2. The molecular formula is C24H31FN4O8. The van der Waals surface area contributed by atoms with Crippen molar-refractivity contribution in [1.82, 2.24) is 15.1 Å². The largest absolute Gasteiger partial charge is 0.494 e. The molecular weight excluding hydrogens is 491 g/mol. The molecule has 2 saturated heterocycles. The quantitative estimate of drug-likeness (QED) is 0.334. The predicted octanol–water partition coefficient (Wildman–Crippen LogP) is 1.16. The van der Waals surface area contributed by atoms with Crippen molar-refractivity contribution in [3.8, 4) is 5.75 Å². The number of benzene rings is 1. The molecule has 0 saturated carbocycles. The number of carboxylic acid groups (broad SMARTS) is 2. The summed E-state index contributed by atoms with van der Waals surface area (Å²) in [4.78, 5) is 60.8. The van der Waals surface area contributed by atoms with E-state index in [1.54, 1.807) is 6.07 Å². The van der Waals surface area contributed by atoms with Crippen molar-refractivity contribution < 1.29 is 43.3 Å². The predicted molar refractivity (Wildman–Crippen MR) is 130 cm³/mol. The van der Waals surface area contributed by atoms with Gasteiger partial charge in [0.1, 0.15) is 17.0 Å². The van der Waals surface area contributed by atoms with E-state index in [0.717, 1.165) is 43.3 Å². The fraction of sp³-hybridized carbons (Fsp3) is 0.458. The number of halogens is 1. The van der Waals surface area contributed by atoms with Gasteiger partial charge in [0.2, 0.25) is 11.8 Å². The fourth-order valence-corrected chi connectivity index (χ4v) is 3.77. The number of nitrogens with one attached hydrogen (secondary N) is 1. The molecule has 3 N–H and O–H groups in total. The Kier molecular flexibility index (Phi) is 10.1. The van der Waals surface area contributed by atoms with Crippen molar-refractivity contribution in [2.24, 2.45) is 5.41 Å². The van der Waals surface area contributed by atoms with Gasteiger partial charge in [-0.15, -0.1) is 0 Å². The second-order valence-corrected chi connectivity index (χ2v) is 8.85. The fourth-order valence-electron chi connectivity index (χ4n) is 3.77. The Morgan fingerprint density at radius 1 is 1.05 bits per heavy atom. The number of rotatable bonds is 8. The average Bonchev–Trinajstić information content (AvgIpc) is 2.84. The number of carbonyl (C=O) groups is 5. The molecule has 2 heterocycles. The average molecular weight is 523 g/mol. The Bertz CT molecular complexity index is 1050. The molecule has 0 unspecified atom stereocenters. The third kappa shape index (κ3) is 8.00. The number of nitrogens with zero attached hydrogens (tertiary/aromatic N) is 3. The van der Waals surface area contributed by atoms with Crippen LogP contribution in [0, 0.1) is 11.2 Å². The number of hydrogen-bond acceptors (Lipinski definition) is 8. The van der Waals surface area contributed by atoms with Gasteiger partial charge in [-0.05, 0) is 38.9 Å². The van der Waals surface area contributed by atoms with Gasteiger partial charge in [0.15, 0.2) is 0 Å². The molecule has 0 aromatic heterocycles. The minimum Gasteiger partial charge on any atom is -0.494 e. The zero-order chi connectivity index (χ0) is 27.8. The first-order chi connectivity index (χ1) is 17.4. The number of barbiturate groups is 1. The van der Waals surface area contributed by atoms with E-state index in [-0.39, 0.29) is 12.4 Å². The number of urea groups is 1. The number of piperazine rings is 1. The summed E-state index contributed by atoms with van der Waals surface area (Å²) in [6, 6.07) is 3.90.